The van der Waals surface area contributed by atoms with Gasteiger partial charge in [0, 0.05) is 33.3 Å². The molecule has 17 rings (SSSR count). The molecular formula is C82H62F15N3. The van der Waals surface area contributed by atoms with Crippen LogP contribution in [0.15, 0.2) is 121 Å². The summed E-state index contributed by atoms with van der Waals surface area (Å²) >= 11 is 0. The maximum absolute atomic E-state index is 16.4. The van der Waals surface area contributed by atoms with Crippen LogP contribution >= 0.6 is 0 Å². The molecule has 11 aromatic rings. The van der Waals surface area contributed by atoms with E-state index in [4.69, 9.17) is 0 Å². The van der Waals surface area contributed by atoms with Gasteiger partial charge in [0.2, 0.25) is 17.5 Å². The number of hydrogen-bond acceptors (Lipinski definition) is 3. The molecule has 6 atom stereocenters. The Bertz CT molecular complexity index is 5180. The summed E-state index contributed by atoms with van der Waals surface area (Å²) in [5.41, 5.74) is -1.37. The Morgan fingerprint density at radius 3 is 0.760 bits per heavy atom. The zero-order valence-corrected chi connectivity index (χ0v) is 55.0. The van der Waals surface area contributed by atoms with Crippen LogP contribution in [0, 0.1) is 87.3 Å². The lowest BCUT2D eigenvalue weighted by Crippen LogP contribution is -2.55. The van der Waals surface area contributed by atoms with Crippen molar-refractivity contribution >= 4 is 66.4 Å². The summed E-state index contributed by atoms with van der Waals surface area (Å²) in [5, 5.41) is 4.54. The van der Waals surface area contributed by atoms with Crippen molar-refractivity contribution in [3.05, 3.63) is 225 Å². The molecule has 3 heterocycles. The van der Waals surface area contributed by atoms with E-state index in [-0.39, 0.29) is 17.1 Å². The monoisotopic (exact) mass is 1370 g/mol. The van der Waals surface area contributed by atoms with Crippen molar-refractivity contribution < 1.29 is 65.9 Å². The predicted molar refractivity (Wildman–Crippen MR) is 360 cm³/mol. The molecule has 11 aromatic carbocycles. The number of fused-ring (bicyclic) bond motifs is 9. The van der Waals surface area contributed by atoms with Gasteiger partial charge < -0.3 is 14.7 Å². The van der Waals surface area contributed by atoms with Crippen molar-refractivity contribution in [2.45, 2.75) is 151 Å². The van der Waals surface area contributed by atoms with Crippen LogP contribution in [0.1, 0.15) is 135 Å². The van der Waals surface area contributed by atoms with E-state index in [1.54, 1.807) is 57.2 Å². The normalized spacial score (nSPS) is 24.6. The molecule has 3 saturated carbocycles. The summed E-state index contributed by atoms with van der Waals surface area (Å²) in [6, 6.07) is 38.0. The summed E-state index contributed by atoms with van der Waals surface area (Å²) in [6.07, 6.45) is 6.33. The van der Waals surface area contributed by atoms with Gasteiger partial charge in [0.25, 0.3) is 0 Å². The van der Waals surface area contributed by atoms with Crippen LogP contribution in [0.4, 0.5) is 100.0 Å². The second kappa shape index (κ2) is 21.4. The van der Waals surface area contributed by atoms with Gasteiger partial charge in [-0.3, -0.25) is 0 Å². The lowest BCUT2D eigenvalue weighted by molar-refractivity contribution is 0.192. The molecule has 0 N–H and O–H groups in total. The Kier molecular flexibility index (Phi) is 13.8. The number of benzene rings is 11. The van der Waals surface area contributed by atoms with Gasteiger partial charge >= 0.3 is 0 Å². The summed E-state index contributed by atoms with van der Waals surface area (Å²) in [7, 11) is 0. The Labute approximate surface area is 565 Å². The first kappa shape index (κ1) is 64.2. The van der Waals surface area contributed by atoms with Crippen molar-refractivity contribution in [1.82, 2.24) is 0 Å². The fourth-order valence-electron chi connectivity index (χ4n) is 19.7. The average Bonchev–Trinajstić information content (AvgIpc) is 1.44. The van der Waals surface area contributed by atoms with Crippen molar-refractivity contribution in [3.63, 3.8) is 0 Å². The van der Waals surface area contributed by atoms with Crippen LogP contribution in [-0.2, 0) is 16.2 Å². The number of rotatable bonds is 7. The van der Waals surface area contributed by atoms with Crippen molar-refractivity contribution in [2.75, 3.05) is 14.7 Å². The third-order valence-corrected chi connectivity index (χ3v) is 25.5. The molecular weight excluding hydrogens is 1310 g/mol. The Balaban J connectivity index is 0.950. The van der Waals surface area contributed by atoms with Crippen LogP contribution in [-0.4, -0.2) is 16.6 Å². The van der Waals surface area contributed by atoms with E-state index in [1.807, 2.05) is 99.6 Å². The van der Waals surface area contributed by atoms with E-state index < -0.39 is 137 Å². The molecule has 0 spiro atoms. The predicted octanol–water partition coefficient (Wildman–Crippen LogP) is 24.6. The third kappa shape index (κ3) is 7.93. The molecule has 3 fully saturated rings. The molecule has 6 aliphatic rings. The third-order valence-electron chi connectivity index (χ3n) is 25.5. The minimum Gasteiger partial charge on any atom is -0.329 e. The molecule has 6 unspecified atom stereocenters. The fraction of sp³-hybridized carbons (Fsp3) is 0.293. The highest BCUT2D eigenvalue weighted by Crippen LogP contribution is 2.67. The number of nitrogens with zero attached hydrogens (tertiary/aromatic N) is 3. The van der Waals surface area contributed by atoms with E-state index in [2.05, 4.69) is 6.07 Å². The molecule has 3 aliphatic heterocycles. The Hall–Kier alpha value is -9.19. The molecule has 0 bridgehead atoms. The lowest BCUT2D eigenvalue weighted by Gasteiger charge is -2.50. The summed E-state index contributed by atoms with van der Waals surface area (Å²) in [5.74, 6) is -31.0. The molecule has 0 aromatic heterocycles. The highest BCUT2D eigenvalue weighted by atomic mass is 19.2. The molecule has 510 valence electrons. The summed E-state index contributed by atoms with van der Waals surface area (Å²) < 4.78 is 235. The van der Waals surface area contributed by atoms with Gasteiger partial charge in [0.1, 0.15) is 17.1 Å². The van der Waals surface area contributed by atoms with Crippen LogP contribution in [0.5, 0.6) is 0 Å². The second-order valence-electron chi connectivity index (χ2n) is 29.8. The topological polar surface area (TPSA) is 9.72 Å². The number of anilines is 6. The summed E-state index contributed by atoms with van der Waals surface area (Å²) in [6.45, 7) is 11.3. The first-order valence-electron chi connectivity index (χ1n) is 33.8. The maximum Gasteiger partial charge on any atom is 0.200 e. The van der Waals surface area contributed by atoms with Gasteiger partial charge in [-0.2, -0.15) is 0 Å². The largest absolute Gasteiger partial charge is 0.329 e. The Morgan fingerprint density at radius 1 is 0.250 bits per heavy atom. The first-order valence-corrected chi connectivity index (χ1v) is 33.8. The fourth-order valence-corrected chi connectivity index (χ4v) is 19.7. The SMILES string of the molecule is CC12CCCCC1(C)N(c1c(F)c(F)c(F)c(F)c1F)c1ccc(-c3cc(-c4ccccc4)c4ccc5c(-c6ccc7c(c6)C6(C)CCCCC6(C)N7c6c(F)c(F)c(F)c(F)c6F)cc(-c6ccc7c(c6)C6(C)CCCCC6(C)N7c6c(F)c(F)c(F)c(F)c6F)c6ccc3c4c56)cc12. The minimum absolute atomic E-state index is 0.252. The molecule has 3 aliphatic carbocycles. The average molecular weight is 1370 g/mol. The van der Waals surface area contributed by atoms with E-state index in [1.165, 1.54) is 14.7 Å². The van der Waals surface area contributed by atoms with E-state index in [0.717, 1.165) is 49.0 Å². The summed E-state index contributed by atoms with van der Waals surface area (Å²) in [4.78, 5) is 3.88. The van der Waals surface area contributed by atoms with Gasteiger partial charge in [-0.1, -0.05) is 132 Å². The molecule has 0 saturated heterocycles. The highest BCUT2D eigenvalue weighted by molar-refractivity contribution is 6.32. The van der Waals surface area contributed by atoms with Crippen LogP contribution in [0.25, 0.3) is 76.8 Å². The Morgan fingerprint density at radius 2 is 0.490 bits per heavy atom. The van der Waals surface area contributed by atoms with E-state index >= 15 is 52.7 Å². The van der Waals surface area contributed by atoms with E-state index in [9.17, 15) is 13.2 Å². The van der Waals surface area contributed by atoms with Gasteiger partial charge in [-0.15, -0.1) is 0 Å². The van der Waals surface area contributed by atoms with Gasteiger partial charge in [0.15, 0.2) is 69.8 Å². The molecule has 3 nitrogen and oxygen atoms in total. The van der Waals surface area contributed by atoms with Gasteiger partial charge in [-0.25, -0.2) is 65.9 Å². The minimum atomic E-state index is -2.28. The molecule has 0 amide bonds. The second-order valence-corrected chi connectivity index (χ2v) is 29.8. The quantitative estimate of drug-likeness (QED) is 0.0681. The number of halogens is 15. The van der Waals surface area contributed by atoms with Crippen LogP contribution in [0.2, 0.25) is 0 Å². The van der Waals surface area contributed by atoms with Gasteiger partial charge in [-0.05, 0) is 201 Å². The van der Waals surface area contributed by atoms with Crippen molar-refractivity contribution in [2.24, 2.45) is 0 Å². The highest BCUT2D eigenvalue weighted by Gasteiger charge is 2.62. The lowest BCUT2D eigenvalue weighted by atomic mass is 9.61. The van der Waals surface area contributed by atoms with Crippen molar-refractivity contribution in [3.8, 4) is 44.5 Å². The van der Waals surface area contributed by atoms with Crippen LogP contribution in [0.3, 0.4) is 0 Å². The molecule has 0 radical (unpaired) electrons. The van der Waals surface area contributed by atoms with Gasteiger partial charge in [0.05, 0.1) is 16.6 Å². The van der Waals surface area contributed by atoms with Crippen molar-refractivity contribution in [1.29, 1.82) is 0 Å². The zero-order valence-electron chi connectivity index (χ0n) is 55.0. The zero-order chi connectivity index (χ0) is 70.3. The number of hydrogen-bond donors (Lipinski definition) is 0. The molecule has 18 heteroatoms. The standard InChI is InChI=1S/C82H62F15N3/c1-77-28-10-13-31-80(77,4)98(74-68(92)62(86)59(83)63(87)69(74)93)54-25-18-40(34-51(54)77)48-37-47(39-16-8-7-9-17-39)43-21-22-45-49(41-19-26-55-52(35-41)78(2)29-11-14-32-81(78,5)99(55)75-70(94)64(88)60(84)65(89)71(75)95)38-50(46-24-23-44(48)57(43)58(45)46)42-20-27-56-53(36-42)79(3)30-12-15-33-82(79,6)100(56)76-72(96)66(90)61(85)67(91)73(76)97/h7-9,16-27,34-38H,10-15,28-33H2,1-6H3. The van der Waals surface area contributed by atoms with Crippen LogP contribution < -0.4 is 14.7 Å². The maximum atomic E-state index is 16.4. The smallest absolute Gasteiger partial charge is 0.200 e. The molecule has 100 heavy (non-hydrogen) atoms. The van der Waals surface area contributed by atoms with E-state index in [0.29, 0.717) is 122 Å². The first-order chi connectivity index (χ1) is 47.6.